The predicted octanol–water partition coefficient (Wildman–Crippen LogP) is 3.44. The van der Waals surface area contributed by atoms with E-state index in [0.29, 0.717) is 25.9 Å². The Morgan fingerprint density at radius 1 is 1.14 bits per heavy atom. The molecule has 1 aliphatic heterocycles. The number of halogens is 1. The van der Waals surface area contributed by atoms with E-state index in [9.17, 15) is 22.4 Å². The second-order valence-corrected chi connectivity index (χ2v) is 13.8. The van der Waals surface area contributed by atoms with Crippen LogP contribution in [0.3, 0.4) is 0 Å². The number of hydrogen-bond donors (Lipinski definition) is 2. The second kappa shape index (κ2) is 11.1. The van der Waals surface area contributed by atoms with E-state index >= 15 is 0 Å². The van der Waals surface area contributed by atoms with Crippen LogP contribution < -0.4 is 15.5 Å². The van der Waals surface area contributed by atoms with Crippen LogP contribution in [-0.4, -0.2) is 63.2 Å². The third kappa shape index (κ3) is 10.4. The zero-order valence-electron chi connectivity index (χ0n) is 21.9. The Morgan fingerprint density at radius 3 is 2.37 bits per heavy atom. The molecule has 0 saturated carbocycles. The van der Waals surface area contributed by atoms with E-state index in [4.69, 9.17) is 4.74 Å². The number of nitrogens with one attached hydrogen (secondary N) is 2. The number of hydrogen-bond acceptors (Lipinski definition) is 6. The number of anilines is 1. The van der Waals surface area contributed by atoms with Gasteiger partial charge in [-0.15, -0.1) is 0 Å². The van der Waals surface area contributed by atoms with Crippen LogP contribution in [-0.2, 0) is 25.8 Å². The van der Waals surface area contributed by atoms with E-state index in [0.717, 1.165) is 17.5 Å². The molecule has 1 aliphatic rings. The van der Waals surface area contributed by atoms with E-state index < -0.39 is 39.5 Å². The lowest BCUT2D eigenvalue weighted by atomic mass is 9.87. The maximum Gasteiger partial charge on any atom is 0.408 e. The van der Waals surface area contributed by atoms with Crippen molar-refractivity contribution in [3.63, 3.8) is 0 Å². The van der Waals surface area contributed by atoms with Crippen molar-refractivity contribution < 1.29 is 27.1 Å². The summed E-state index contributed by atoms with van der Waals surface area (Å²) in [6.45, 7) is 12.1. The van der Waals surface area contributed by atoms with Crippen molar-refractivity contribution in [2.45, 2.75) is 78.5 Å². The van der Waals surface area contributed by atoms with E-state index in [2.05, 4.69) is 10.6 Å². The molecule has 1 aromatic carbocycles. The quantitative estimate of drug-likeness (QED) is 0.524. The number of ether oxygens (including phenoxy) is 1. The Kier molecular flexibility index (Phi) is 9.19. The molecule has 2 N–H and O–H groups in total. The Morgan fingerprint density at radius 2 is 1.80 bits per heavy atom. The fraction of sp³-hybridized carbons (Fsp3) is 0.680. The molecule has 10 heteroatoms. The van der Waals surface area contributed by atoms with Gasteiger partial charge in [-0.2, -0.15) is 0 Å². The molecule has 2 amide bonds. The maximum atomic E-state index is 13.6. The Bertz CT molecular complexity index is 1010. The number of benzene rings is 1. The summed E-state index contributed by atoms with van der Waals surface area (Å²) in [5.41, 5.74) is 0.781. The molecule has 0 aromatic heterocycles. The third-order valence-corrected chi connectivity index (χ3v) is 6.46. The predicted molar refractivity (Wildman–Crippen MR) is 136 cm³/mol. The number of nitrogens with zero attached hydrogens (tertiary/aromatic N) is 1. The minimum atomic E-state index is -3.25. The van der Waals surface area contributed by atoms with Gasteiger partial charge in [0.25, 0.3) is 0 Å². The van der Waals surface area contributed by atoms with E-state index in [-0.39, 0.29) is 23.4 Å². The summed E-state index contributed by atoms with van der Waals surface area (Å²) >= 11 is 0. The molecule has 0 fully saturated rings. The van der Waals surface area contributed by atoms with Crippen LogP contribution in [0.2, 0.25) is 0 Å². The summed E-state index contributed by atoms with van der Waals surface area (Å²) in [6.07, 6.45) is 1.72. The molecule has 0 aliphatic carbocycles. The van der Waals surface area contributed by atoms with Crippen molar-refractivity contribution in [3.05, 3.63) is 29.6 Å². The largest absolute Gasteiger partial charge is 0.444 e. The summed E-state index contributed by atoms with van der Waals surface area (Å²) in [5, 5.41) is 5.64. The average molecular weight is 514 g/mol. The third-order valence-electron chi connectivity index (χ3n) is 5.48. The van der Waals surface area contributed by atoms with Gasteiger partial charge in [0.2, 0.25) is 5.91 Å². The summed E-state index contributed by atoms with van der Waals surface area (Å²) in [7, 11) is -3.25. The molecule has 0 bridgehead atoms. The van der Waals surface area contributed by atoms with E-state index in [1.807, 2.05) is 25.7 Å². The minimum absolute atomic E-state index is 0.0918. The van der Waals surface area contributed by atoms with Crippen LogP contribution in [0.4, 0.5) is 14.9 Å². The van der Waals surface area contributed by atoms with Gasteiger partial charge in [0.1, 0.15) is 27.3 Å². The van der Waals surface area contributed by atoms with E-state index in [1.54, 1.807) is 26.8 Å². The molecule has 2 atom stereocenters. The Hall–Kier alpha value is -2.36. The van der Waals surface area contributed by atoms with Crippen molar-refractivity contribution >= 4 is 27.5 Å². The molecule has 35 heavy (non-hydrogen) atoms. The molecule has 0 saturated heterocycles. The van der Waals surface area contributed by atoms with Crippen molar-refractivity contribution in [2.24, 2.45) is 5.41 Å². The zero-order valence-corrected chi connectivity index (χ0v) is 22.7. The summed E-state index contributed by atoms with van der Waals surface area (Å²) in [5.74, 6) is -0.792. The van der Waals surface area contributed by atoms with Gasteiger partial charge in [-0.25, -0.2) is 17.6 Å². The normalized spacial score (nSPS) is 15.8. The lowest BCUT2D eigenvalue weighted by Gasteiger charge is -2.31. The molecular weight excluding hydrogens is 473 g/mol. The Balaban J connectivity index is 2.20. The number of fused-ring (bicyclic) bond motifs is 1. The molecular formula is C25H40FN3O5S. The molecule has 2 rings (SSSR count). The molecule has 0 unspecified atom stereocenters. The smallest absolute Gasteiger partial charge is 0.408 e. The van der Waals surface area contributed by atoms with Crippen molar-refractivity contribution in [1.29, 1.82) is 0 Å². The lowest BCUT2D eigenvalue weighted by Crippen LogP contribution is -2.54. The van der Waals surface area contributed by atoms with Gasteiger partial charge in [0.15, 0.2) is 0 Å². The number of sulfone groups is 1. The number of carbonyl (C=O) groups excluding carboxylic acids is 2. The number of carbonyl (C=O) groups is 2. The van der Waals surface area contributed by atoms with Gasteiger partial charge in [-0.3, -0.25) is 4.79 Å². The fourth-order valence-electron chi connectivity index (χ4n) is 4.03. The molecule has 1 heterocycles. The highest BCUT2D eigenvalue weighted by atomic mass is 32.2. The first-order valence-electron chi connectivity index (χ1n) is 11.9. The molecule has 0 radical (unpaired) electrons. The Labute approximate surface area is 208 Å². The van der Waals surface area contributed by atoms with Gasteiger partial charge >= 0.3 is 6.09 Å². The minimum Gasteiger partial charge on any atom is -0.444 e. The van der Waals surface area contributed by atoms with Crippen LogP contribution in [0.1, 0.15) is 59.9 Å². The van der Waals surface area contributed by atoms with Gasteiger partial charge in [-0.1, -0.05) is 20.8 Å². The summed E-state index contributed by atoms with van der Waals surface area (Å²) < 4.78 is 42.7. The van der Waals surface area contributed by atoms with Gasteiger partial charge in [0.05, 0.1) is 5.75 Å². The van der Waals surface area contributed by atoms with Gasteiger partial charge in [0, 0.05) is 31.1 Å². The van der Waals surface area contributed by atoms with Crippen LogP contribution in [0.5, 0.6) is 0 Å². The number of amides is 2. The first-order chi connectivity index (χ1) is 15.9. The first kappa shape index (κ1) is 28.9. The SMILES string of the molecule is CC(C)(C)C[C@H](NC(=O)OC(C)(C)C)C(=O)N[C@@H](CCS(C)(=O)=O)CN1CCc2cc(F)ccc21. The second-order valence-electron chi connectivity index (χ2n) is 11.6. The zero-order chi connectivity index (χ0) is 26.6. The molecule has 8 nitrogen and oxygen atoms in total. The highest BCUT2D eigenvalue weighted by molar-refractivity contribution is 7.90. The highest BCUT2D eigenvalue weighted by Gasteiger charge is 2.31. The average Bonchev–Trinajstić information content (AvgIpc) is 3.04. The van der Waals surface area contributed by atoms with Crippen molar-refractivity contribution in [3.8, 4) is 0 Å². The number of alkyl carbamates (subject to hydrolysis) is 1. The first-order valence-corrected chi connectivity index (χ1v) is 14.0. The molecule has 0 spiro atoms. The lowest BCUT2D eigenvalue weighted by molar-refractivity contribution is -0.124. The van der Waals surface area contributed by atoms with Gasteiger partial charge < -0.3 is 20.3 Å². The summed E-state index contributed by atoms with van der Waals surface area (Å²) in [6, 6.07) is 3.26. The van der Waals surface area contributed by atoms with E-state index in [1.165, 1.54) is 12.1 Å². The summed E-state index contributed by atoms with van der Waals surface area (Å²) in [4.78, 5) is 27.8. The fourth-order valence-corrected chi connectivity index (χ4v) is 4.75. The van der Waals surface area contributed by atoms with Crippen molar-refractivity contribution in [2.75, 3.05) is 30.0 Å². The monoisotopic (exact) mass is 513 g/mol. The van der Waals surface area contributed by atoms with Crippen LogP contribution in [0, 0.1) is 11.2 Å². The molecule has 1 aromatic rings. The van der Waals surface area contributed by atoms with Crippen LogP contribution >= 0.6 is 0 Å². The standard InChI is InChI=1S/C25H40FN3O5S/c1-24(2,3)15-20(28-23(31)34-25(4,5)6)22(30)27-19(11-13-35(7,32)33)16-29-12-10-17-14-18(26)8-9-21(17)29/h8-9,14,19-20H,10-13,15-16H2,1-7H3,(H,27,30)(H,28,31)/t19-,20-/m0/s1. The van der Waals surface area contributed by atoms with Crippen LogP contribution in [0.15, 0.2) is 18.2 Å². The number of rotatable bonds is 9. The topological polar surface area (TPSA) is 105 Å². The van der Waals surface area contributed by atoms with Crippen molar-refractivity contribution in [1.82, 2.24) is 10.6 Å². The molecule has 198 valence electrons. The van der Waals surface area contributed by atoms with Gasteiger partial charge in [-0.05, 0) is 69.2 Å². The van der Waals surface area contributed by atoms with Crippen LogP contribution in [0.25, 0.3) is 0 Å². The maximum absolute atomic E-state index is 13.6. The highest BCUT2D eigenvalue weighted by Crippen LogP contribution is 2.29.